The van der Waals surface area contributed by atoms with Gasteiger partial charge in [-0.25, -0.2) is 0 Å². The summed E-state index contributed by atoms with van der Waals surface area (Å²) in [7, 11) is 1.67. The van der Waals surface area contributed by atoms with Crippen molar-refractivity contribution in [2.45, 2.75) is 64.9 Å². The average Bonchev–Trinajstić information content (AvgIpc) is 3.10. The van der Waals surface area contributed by atoms with E-state index in [-0.39, 0.29) is 23.5 Å². The molecule has 0 spiro atoms. The molecule has 0 N–H and O–H groups in total. The zero-order chi connectivity index (χ0) is 24.7. The van der Waals surface area contributed by atoms with E-state index < -0.39 is 0 Å². The Hall–Kier alpha value is -3.08. The Morgan fingerprint density at radius 1 is 1.00 bits per heavy atom. The molecule has 5 rings (SSSR count). The molecule has 2 aromatic rings. The van der Waals surface area contributed by atoms with Gasteiger partial charge in [-0.15, -0.1) is 0 Å². The summed E-state index contributed by atoms with van der Waals surface area (Å²) in [5, 5.41) is 0. The van der Waals surface area contributed by atoms with E-state index in [4.69, 9.17) is 14.2 Å². The average molecular weight is 475 g/mol. The number of carbonyl (C=O) groups excluding carboxylic acids is 2. The molecule has 2 saturated carbocycles. The van der Waals surface area contributed by atoms with Crippen LogP contribution < -0.4 is 9.47 Å². The maximum Gasteiger partial charge on any atom is 0.308 e. The number of hydrogen-bond acceptors (Lipinski definition) is 5. The van der Waals surface area contributed by atoms with Gasteiger partial charge in [-0.1, -0.05) is 31.2 Å². The number of aryl methyl sites for hydroxylation is 1. The maximum absolute atomic E-state index is 12.2. The molecular formula is C30H34O5. The summed E-state index contributed by atoms with van der Waals surface area (Å²) in [6, 6.07) is 14.2. The second kappa shape index (κ2) is 9.18. The van der Waals surface area contributed by atoms with Crippen LogP contribution in [0.5, 0.6) is 11.5 Å². The highest BCUT2D eigenvalue weighted by Crippen LogP contribution is 2.63. The van der Waals surface area contributed by atoms with Gasteiger partial charge in [0.25, 0.3) is 0 Å². The lowest BCUT2D eigenvalue weighted by Crippen LogP contribution is -2.45. The van der Waals surface area contributed by atoms with E-state index in [1.165, 1.54) is 30.5 Å². The number of hydrogen-bond donors (Lipinski definition) is 0. The highest BCUT2D eigenvalue weighted by Gasteiger charge is 2.58. The molecule has 0 aliphatic heterocycles. The predicted molar refractivity (Wildman–Crippen MR) is 134 cm³/mol. The normalized spacial score (nSPS) is 30.1. The van der Waals surface area contributed by atoms with Gasteiger partial charge >= 0.3 is 11.9 Å². The maximum atomic E-state index is 12.2. The molecule has 3 aliphatic rings. The van der Waals surface area contributed by atoms with Gasteiger partial charge in [0, 0.05) is 19.3 Å². The molecule has 0 radical (unpaired) electrons. The van der Waals surface area contributed by atoms with Crippen LogP contribution in [0, 0.1) is 17.3 Å². The van der Waals surface area contributed by atoms with Crippen molar-refractivity contribution in [2.75, 3.05) is 7.11 Å². The highest BCUT2D eigenvalue weighted by atomic mass is 16.5. The molecule has 0 bridgehead atoms. The number of esters is 2. The summed E-state index contributed by atoms with van der Waals surface area (Å²) in [6.07, 6.45) is 7.14. The Bertz CT molecular complexity index is 1160. The van der Waals surface area contributed by atoms with Crippen LogP contribution in [0.15, 0.2) is 48.0 Å². The SMILES string of the molecule is COc1ccc(/C=C2\C[C@@H]3[C@@H]4CCc5cc(OC(C)=O)ccc5[C@H]4CC[C@@]3(C)[C@H]2OC(C)=O)cc1. The fraction of sp³-hybridized carbons (Fsp3) is 0.467. The van der Waals surface area contributed by atoms with Crippen molar-refractivity contribution >= 4 is 18.0 Å². The van der Waals surface area contributed by atoms with Gasteiger partial charge in [-0.3, -0.25) is 9.59 Å². The lowest BCUT2D eigenvalue weighted by atomic mass is 9.55. The van der Waals surface area contributed by atoms with Gasteiger partial charge in [0.15, 0.2) is 0 Å². The van der Waals surface area contributed by atoms with E-state index in [2.05, 4.69) is 31.2 Å². The molecule has 3 aliphatic carbocycles. The molecule has 0 saturated heterocycles. The minimum Gasteiger partial charge on any atom is -0.497 e. The molecule has 5 atom stereocenters. The molecular weight excluding hydrogens is 440 g/mol. The highest BCUT2D eigenvalue weighted by molar-refractivity contribution is 5.69. The first-order valence-corrected chi connectivity index (χ1v) is 12.6. The summed E-state index contributed by atoms with van der Waals surface area (Å²) < 4.78 is 16.7. The van der Waals surface area contributed by atoms with E-state index >= 15 is 0 Å². The topological polar surface area (TPSA) is 61.8 Å². The number of rotatable bonds is 4. The van der Waals surface area contributed by atoms with Crippen LogP contribution >= 0.6 is 0 Å². The van der Waals surface area contributed by atoms with Crippen LogP contribution in [0.1, 0.15) is 69.1 Å². The third-order valence-electron chi connectivity index (χ3n) is 8.54. The van der Waals surface area contributed by atoms with E-state index in [0.29, 0.717) is 23.5 Å². The van der Waals surface area contributed by atoms with Gasteiger partial charge in [0.1, 0.15) is 17.6 Å². The van der Waals surface area contributed by atoms with Crippen molar-refractivity contribution in [1.82, 2.24) is 0 Å². The van der Waals surface area contributed by atoms with Gasteiger partial charge in [0.2, 0.25) is 0 Å². The van der Waals surface area contributed by atoms with Crippen LogP contribution in [0.25, 0.3) is 6.08 Å². The number of carbonyl (C=O) groups is 2. The standard InChI is InChI=1S/C30H34O5/c1-18(31)34-24-10-12-25-21(16-24)7-11-27-26(25)13-14-30(3)28(27)17-22(29(30)35-19(2)32)15-20-5-8-23(33-4)9-6-20/h5-6,8-10,12,15-16,26-29H,7,11,13-14,17H2,1-4H3/b22-15+/t26-,27-,28-,29+,30-/m1/s1. The monoisotopic (exact) mass is 474 g/mol. The molecule has 0 amide bonds. The molecule has 0 unspecified atom stereocenters. The van der Waals surface area contributed by atoms with Crippen molar-refractivity contribution in [3.63, 3.8) is 0 Å². The Balaban J connectivity index is 1.46. The molecule has 2 aromatic carbocycles. The second-order valence-electron chi connectivity index (χ2n) is 10.6. The largest absolute Gasteiger partial charge is 0.497 e. The first-order valence-electron chi connectivity index (χ1n) is 12.6. The molecule has 2 fully saturated rings. The predicted octanol–water partition coefficient (Wildman–Crippen LogP) is 6.10. The van der Waals surface area contributed by atoms with Crippen LogP contribution in [0.3, 0.4) is 0 Å². The molecule has 0 heterocycles. The van der Waals surface area contributed by atoms with Gasteiger partial charge in [-0.05, 0) is 96.4 Å². The van der Waals surface area contributed by atoms with Gasteiger partial charge in [-0.2, -0.15) is 0 Å². The number of methoxy groups -OCH3 is 1. The summed E-state index contributed by atoms with van der Waals surface area (Å²) in [5.74, 6) is 2.45. The summed E-state index contributed by atoms with van der Waals surface area (Å²) in [5.41, 5.74) is 4.95. The zero-order valence-electron chi connectivity index (χ0n) is 21.0. The van der Waals surface area contributed by atoms with E-state index in [1.807, 2.05) is 24.3 Å². The summed E-state index contributed by atoms with van der Waals surface area (Å²) in [6.45, 7) is 5.29. The van der Waals surface area contributed by atoms with Crippen LogP contribution in [-0.2, 0) is 20.7 Å². The quantitative estimate of drug-likeness (QED) is 0.396. The van der Waals surface area contributed by atoms with Crippen LogP contribution in [0.2, 0.25) is 0 Å². The Labute approximate surface area is 207 Å². The van der Waals surface area contributed by atoms with E-state index in [0.717, 1.165) is 43.4 Å². The van der Waals surface area contributed by atoms with E-state index in [9.17, 15) is 9.59 Å². The van der Waals surface area contributed by atoms with Crippen LogP contribution in [-0.4, -0.2) is 25.2 Å². The lowest BCUT2D eigenvalue weighted by molar-refractivity contribution is -0.152. The number of ether oxygens (including phenoxy) is 3. The second-order valence-corrected chi connectivity index (χ2v) is 10.6. The van der Waals surface area contributed by atoms with Crippen molar-refractivity contribution in [1.29, 1.82) is 0 Å². The minimum absolute atomic E-state index is 0.0691. The Kier molecular flexibility index (Phi) is 6.20. The Morgan fingerprint density at radius 3 is 2.43 bits per heavy atom. The summed E-state index contributed by atoms with van der Waals surface area (Å²) >= 11 is 0. The molecule has 5 nitrogen and oxygen atoms in total. The number of fused-ring (bicyclic) bond motifs is 5. The Morgan fingerprint density at radius 2 is 1.74 bits per heavy atom. The molecule has 184 valence electrons. The third-order valence-corrected chi connectivity index (χ3v) is 8.54. The molecule has 0 aromatic heterocycles. The molecule has 35 heavy (non-hydrogen) atoms. The van der Waals surface area contributed by atoms with Gasteiger partial charge in [0.05, 0.1) is 7.11 Å². The molecule has 5 heteroatoms. The third kappa shape index (κ3) is 4.37. The fourth-order valence-corrected chi connectivity index (χ4v) is 7.06. The number of benzene rings is 2. The first kappa shape index (κ1) is 23.7. The van der Waals surface area contributed by atoms with Crippen LogP contribution in [0.4, 0.5) is 0 Å². The van der Waals surface area contributed by atoms with Crippen molar-refractivity contribution < 1.29 is 23.8 Å². The van der Waals surface area contributed by atoms with Crippen molar-refractivity contribution in [3.05, 3.63) is 64.7 Å². The van der Waals surface area contributed by atoms with Crippen molar-refractivity contribution in [3.8, 4) is 11.5 Å². The van der Waals surface area contributed by atoms with Gasteiger partial charge < -0.3 is 14.2 Å². The van der Waals surface area contributed by atoms with E-state index in [1.54, 1.807) is 7.11 Å². The minimum atomic E-state index is -0.286. The zero-order valence-corrected chi connectivity index (χ0v) is 21.0. The smallest absolute Gasteiger partial charge is 0.308 e. The lowest BCUT2D eigenvalue weighted by Gasteiger charge is -2.50. The van der Waals surface area contributed by atoms with Crippen molar-refractivity contribution in [2.24, 2.45) is 17.3 Å². The summed E-state index contributed by atoms with van der Waals surface area (Å²) in [4.78, 5) is 23.6. The first-order chi connectivity index (χ1) is 16.8. The fourth-order valence-electron chi connectivity index (χ4n) is 7.06.